The smallest absolute Gasteiger partial charge is 0.414 e. The summed E-state index contributed by atoms with van der Waals surface area (Å²) < 4.78 is 22.8. The molecule has 2 aromatic heterocycles. The van der Waals surface area contributed by atoms with E-state index in [0.717, 1.165) is 0 Å². The second-order valence-corrected chi connectivity index (χ2v) is 6.44. The molecule has 150 valence electrons. The number of nitrogens with one attached hydrogen (secondary N) is 1. The number of carbonyl (C=O) groups excluding carboxylic acids is 2. The molecule has 29 heavy (non-hydrogen) atoms. The van der Waals surface area contributed by atoms with Gasteiger partial charge in [0.1, 0.15) is 30.1 Å². The zero-order chi connectivity index (χ0) is 20.4. The maximum absolute atomic E-state index is 14.7. The lowest BCUT2D eigenvalue weighted by atomic mass is 10.2. The van der Waals surface area contributed by atoms with Crippen LogP contribution in [0.1, 0.15) is 12.6 Å². The third-order valence-electron chi connectivity index (χ3n) is 4.27. The van der Waals surface area contributed by atoms with Crippen molar-refractivity contribution in [2.24, 2.45) is 0 Å². The largest absolute Gasteiger partial charge is 0.442 e. The van der Waals surface area contributed by atoms with E-state index >= 15 is 0 Å². The summed E-state index contributed by atoms with van der Waals surface area (Å²) >= 11 is 0. The van der Waals surface area contributed by atoms with Crippen LogP contribution in [-0.2, 0) is 16.1 Å². The fourth-order valence-electron chi connectivity index (χ4n) is 2.91. The minimum Gasteiger partial charge on any atom is -0.442 e. The Labute approximate surface area is 164 Å². The van der Waals surface area contributed by atoms with Crippen molar-refractivity contribution in [3.63, 3.8) is 0 Å². The molecule has 0 saturated carbocycles. The molecule has 1 fully saturated rings. The molecule has 12 heteroatoms. The van der Waals surface area contributed by atoms with E-state index in [2.05, 4.69) is 25.7 Å². The molecule has 0 radical (unpaired) electrons. The molecule has 0 spiro atoms. The Balaban J connectivity index is 1.48. The van der Waals surface area contributed by atoms with Crippen LogP contribution in [0.2, 0.25) is 0 Å². The summed E-state index contributed by atoms with van der Waals surface area (Å²) in [5.41, 5.74) is 1.13. The van der Waals surface area contributed by atoms with Gasteiger partial charge in [-0.3, -0.25) is 9.69 Å². The molecule has 0 bridgehead atoms. The van der Waals surface area contributed by atoms with E-state index < -0.39 is 18.0 Å². The fraction of sp³-hybridized carbons (Fsp3) is 0.294. The number of rotatable bonds is 6. The Kier molecular flexibility index (Phi) is 4.89. The van der Waals surface area contributed by atoms with Gasteiger partial charge in [0.05, 0.1) is 31.5 Å². The molecule has 11 nitrogen and oxygen atoms in total. The number of benzene rings is 1. The molecule has 0 unspecified atom stereocenters. The number of nitrogens with zero attached hydrogens (tertiary/aromatic N) is 7. The Morgan fingerprint density at radius 2 is 2.28 bits per heavy atom. The van der Waals surface area contributed by atoms with Gasteiger partial charge in [0.15, 0.2) is 5.82 Å². The molecular formula is C17H17FN8O3. The lowest BCUT2D eigenvalue weighted by molar-refractivity contribution is -0.119. The first kappa shape index (κ1) is 18.5. The van der Waals surface area contributed by atoms with E-state index in [9.17, 15) is 14.0 Å². The summed E-state index contributed by atoms with van der Waals surface area (Å²) in [6.07, 6.45) is 3.45. The van der Waals surface area contributed by atoms with Crippen molar-refractivity contribution in [1.82, 2.24) is 35.1 Å². The van der Waals surface area contributed by atoms with Crippen molar-refractivity contribution in [2.45, 2.75) is 19.6 Å². The Bertz CT molecular complexity index is 1040. The molecule has 4 rings (SSSR count). The van der Waals surface area contributed by atoms with Crippen LogP contribution in [-0.4, -0.2) is 61.0 Å². The Morgan fingerprint density at radius 1 is 1.41 bits per heavy atom. The zero-order valence-corrected chi connectivity index (χ0v) is 15.4. The summed E-state index contributed by atoms with van der Waals surface area (Å²) in [6, 6.07) is 4.34. The minimum absolute atomic E-state index is 0.188. The minimum atomic E-state index is -0.594. The number of anilines is 1. The van der Waals surface area contributed by atoms with Crippen LogP contribution in [0.4, 0.5) is 14.9 Å². The molecule has 1 aliphatic heterocycles. The van der Waals surface area contributed by atoms with Gasteiger partial charge in [-0.05, 0) is 18.2 Å². The number of ether oxygens (including phenoxy) is 1. The molecule has 2 amide bonds. The predicted octanol–water partition coefficient (Wildman–Crippen LogP) is 0.507. The van der Waals surface area contributed by atoms with Crippen molar-refractivity contribution in [3.8, 4) is 5.69 Å². The Hall–Kier alpha value is -3.83. The van der Waals surface area contributed by atoms with Crippen LogP contribution in [0.3, 0.4) is 0 Å². The predicted molar refractivity (Wildman–Crippen MR) is 96.7 cm³/mol. The van der Waals surface area contributed by atoms with Gasteiger partial charge in [-0.2, -0.15) is 5.10 Å². The normalized spacial score (nSPS) is 16.1. The number of hydrogen-bond acceptors (Lipinski definition) is 7. The maximum atomic E-state index is 14.7. The SMILES string of the molecule is CC(=O)NC[C@H]1CN(c2ccc(-n3cc(Cn4cncn4)nn3)c(F)c2)C(=O)O1. The second kappa shape index (κ2) is 7.66. The van der Waals surface area contributed by atoms with E-state index in [1.54, 1.807) is 23.3 Å². The highest BCUT2D eigenvalue weighted by Crippen LogP contribution is 2.25. The van der Waals surface area contributed by atoms with Crippen molar-refractivity contribution in [2.75, 3.05) is 18.0 Å². The van der Waals surface area contributed by atoms with Crippen molar-refractivity contribution in [3.05, 3.63) is 48.6 Å². The topological polar surface area (TPSA) is 120 Å². The van der Waals surface area contributed by atoms with Gasteiger partial charge in [-0.25, -0.2) is 23.5 Å². The first-order valence-corrected chi connectivity index (χ1v) is 8.76. The number of amides is 2. The van der Waals surface area contributed by atoms with Gasteiger partial charge in [0, 0.05) is 6.92 Å². The summed E-state index contributed by atoms with van der Waals surface area (Å²) in [6.45, 7) is 2.15. The highest BCUT2D eigenvalue weighted by atomic mass is 19.1. The molecule has 1 aliphatic rings. The molecular weight excluding hydrogens is 383 g/mol. The quantitative estimate of drug-likeness (QED) is 0.640. The van der Waals surface area contributed by atoms with Gasteiger partial charge in [0.25, 0.3) is 0 Å². The van der Waals surface area contributed by atoms with Gasteiger partial charge >= 0.3 is 6.09 Å². The number of halogens is 1. The molecule has 1 atom stereocenters. The standard InChI is InChI=1S/C17H17FN8O3/c1-11(27)20-5-14-8-25(17(28)29-14)13-2-3-16(15(18)4-13)26-7-12(22-23-26)6-24-10-19-9-21-24/h2-4,7,9-10,14H,5-6,8H2,1H3,(H,20,27)/t14-/m0/s1. The van der Waals surface area contributed by atoms with E-state index in [-0.39, 0.29) is 24.7 Å². The highest BCUT2D eigenvalue weighted by Gasteiger charge is 2.32. The summed E-state index contributed by atoms with van der Waals surface area (Å²) in [7, 11) is 0. The fourth-order valence-corrected chi connectivity index (χ4v) is 2.91. The van der Waals surface area contributed by atoms with Crippen LogP contribution < -0.4 is 10.2 Å². The van der Waals surface area contributed by atoms with E-state index in [0.29, 0.717) is 17.9 Å². The molecule has 0 aliphatic carbocycles. The van der Waals surface area contributed by atoms with Crippen molar-refractivity contribution in [1.29, 1.82) is 0 Å². The van der Waals surface area contributed by atoms with E-state index in [1.165, 1.54) is 35.0 Å². The molecule has 1 N–H and O–H groups in total. The van der Waals surface area contributed by atoms with Crippen LogP contribution in [0.15, 0.2) is 37.1 Å². The van der Waals surface area contributed by atoms with Crippen LogP contribution in [0, 0.1) is 5.82 Å². The number of aromatic nitrogens is 6. The first-order chi connectivity index (χ1) is 14.0. The van der Waals surface area contributed by atoms with Crippen molar-refractivity contribution >= 4 is 17.7 Å². The van der Waals surface area contributed by atoms with Crippen LogP contribution in [0.25, 0.3) is 5.69 Å². The number of cyclic esters (lactones) is 1. The number of hydrogen-bond donors (Lipinski definition) is 1. The first-order valence-electron chi connectivity index (χ1n) is 8.76. The number of carbonyl (C=O) groups is 2. The van der Waals surface area contributed by atoms with Crippen LogP contribution >= 0.6 is 0 Å². The maximum Gasteiger partial charge on any atom is 0.414 e. The molecule has 3 heterocycles. The lowest BCUT2D eigenvalue weighted by Gasteiger charge is -2.14. The average Bonchev–Trinajstić information content (AvgIpc) is 3.42. The highest BCUT2D eigenvalue weighted by molar-refractivity contribution is 5.90. The van der Waals surface area contributed by atoms with Crippen molar-refractivity contribution < 1.29 is 18.7 Å². The molecule has 1 saturated heterocycles. The third-order valence-corrected chi connectivity index (χ3v) is 4.27. The summed E-state index contributed by atoms with van der Waals surface area (Å²) in [5, 5.41) is 14.5. The molecule has 3 aromatic rings. The average molecular weight is 400 g/mol. The van der Waals surface area contributed by atoms with Gasteiger partial charge in [-0.15, -0.1) is 5.10 Å². The monoisotopic (exact) mass is 400 g/mol. The third kappa shape index (κ3) is 4.05. The van der Waals surface area contributed by atoms with E-state index in [4.69, 9.17) is 4.74 Å². The van der Waals surface area contributed by atoms with Gasteiger partial charge in [0.2, 0.25) is 5.91 Å². The second-order valence-electron chi connectivity index (χ2n) is 6.44. The summed E-state index contributed by atoms with van der Waals surface area (Å²) in [4.78, 5) is 28.2. The zero-order valence-electron chi connectivity index (χ0n) is 15.4. The lowest BCUT2D eigenvalue weighted by Crippen LogP contribution is -2.33. The van der Waals surface area contributed by atoms with Gasteiger partial charge in [-0.1, -0.05) is 5.21 Å². The van der Waals surface area contributed by atoms with E-state index in [1.807, 2.05) is 0 Å². The van der Waals surface area contributed by atoms with Gasteiger partial charge < -0.3 is 10.1 Å². The Morgan fingerprint density at radius 3 is 3.00 bits per heavy atom. The summed E-state index contributed by atoms with van der Waals surface area (Å²) in [5.74, 6) is -0.788. The van der Waals surface area contributed by atoms with Crippen LogP contribution in [0.5, 0.6) is 0 Å². The molecule has 1 aromatic carbocycles.